The molecule has 0 atom stereocenters. The van der Waals surface area contributed by atoms with E-state index in [0.29, 0.717) is 21.5 Å². The van der Waals surface area contributed by atoms with E-state index in [4.69, 9.17) is 0 Å². The third kappa shape index (κ3) is 4.17. The molecule has 0 radical (unpaired) electrons. The normalized spacial score (nSPS) is 13.1. The standard InChI is InChI=1S/C24H20N4O3S/c29-20(26-18-8-4-7-16(11-18)22(30)27-17-9-10-17)12-28-14-25-23-21(24(28)31)19(13-32-23)15-5-2-1-3-6-15/h1-8,11,13-14,17H,9-10,12H2,(H,26,29)(H,27,30). The number of hydrogen-bond donors (Lipinski definition) is 2. The van der Waals surface area contributed by atoms with Crippen LogP contribution < -0.4 is 16.2 Å². The average Bonchev–Trinajstić information content (AvgIpc) is 3.51. The molecule has 1 aliphatic rings. The maximum absolute atomic E-state index is 13.1. The number of benzene rings is 2. The van der Waals surface area contributed by atoms with Gasteiger partial charge >= 0.3 is 0 Å². The van der Waals surface area contributed by atoms with Gasteiger partial charge < -0.3 is 10.6 Å². The molecule has 0 spiro atoms. The quantitative estimate of drug-likeness (QED) is 0.475. The minimum absolute atomic E-state index is 0.152. The zero-order chi connectivity index (χ0) is 22.1. The molecule has 7 nitrogen and oxygen atoms in total. The van der Waals surface area contributed by atoms with Gasteiger partial charge in [-0.15, -0.1) is 11.3 Å². The fourth-order valence-electron chi connectivity index (χ4n) is 3.50. The Hall–Kier alpha value is -3.78. The summed E-state index contributed by atoms with van der Waals surface area (Å²) in [6.07, 6.45) is 3.41. The molecule has 2 amide bonds. The molecule has 8 heteroatoms. The summed E-state index contributed by atoms with van der Waals surface area (Å²) in [6.45, 7) is -0.176. The summed E-state index contributed by atoms with van der Waals surface area (Å²) < 4.78 is 1.31. The number of carbonyl (C=O) groups excluding carboxylic acids is 2. The Bertz CT molecular complexity index is 1370. The van der Waals surface area contributed by atoms with Crippen molar-refractivity contribution in [3.8, 4) is 11.1 Å². The lowest BCUT2D eigenvalue weighted by atomic mass is 10.1. The maximum Gasteiger partial charge on any atom is 0.263 e. The second-order valence-corrected chi connectivity index (χ2v) is 8.61. The van der Waals surface area contributed by atoms with E-state index < -0.39 is 0 Å². The Labute approximate surface area is 187 Å². The van der Waals surface area contributed by atoms with E-state index in [2.05, 4.69) is 15.6 Å². The second kappa shape index (κ2) is 8.39. The van der Waals surface area contributed by atoms with Crippen LogP contribution in [0.25, 0.3) is 21.3 Å². The number of carbonyl (C=O) groups is 2. The van der Waals surface area contributed by atoms with Crippen LogP contribution in [0.15, 0.2) is 71.1 Å². The Morgan fingerprint density at radius 2 is 1.91 bits per heavy atom. The second-order valence-electron chi connectivity index (χ2n) is 7.75. The van der Waals surface area contributed by atoms with E-state index in [-0.39, 0.29) is 30.0 Å². The van der Waals surface area contributed by atoms with Crippen LogP contribution in [0, 0.1) is 0 Å². The fourth-order valence-corrected chi connectivity index (χ4v) is 4.41. The van der Waals surface area contributed by atoms with Crippen molar-refractivity contribution < 1.29 is 9.59 Å². The number of aromatic nitrogens is 2. The molecule has 2 heterocycles. The molecule has 4 aromatic rings. The molecule has 0 saturated heterocycles. The van der Waals surface area contributed by atoms with Gasteiger partial charge in [-0.3, -0.25) is 19.0 Å². The largest absolute Gasteiger partial charge is 0.349 e. The molecular weight excluding hydrogens is 424 g/mol. The first-order chi connectivity index (χ1) is 15.6. The Balaban J connectivity index is 1.36. The number of anilines is 1. The molecule has 1 aliphatic carbocycles. The van der Waals surface area contributed by atoms with E-state index in [1.54, 1.807) is 24.3 Å². The van der Waals surface area contributed by atoms with Crippen molar-refractivity contribution in [2.45, 2.75) is 25.4 Å². The lowest BCUT2D eigenvalue weighted by Gasteiger charge is -2.09. The number of fused-ring (bicyclic) bond motifs is 1. The zero-order valence-corrected chi connectivity index (χ0v) is 17.9. The van der Waals surface area contributed by atoms with Crippen molar-refractivity contribution >= 4 is 39.1 Å². The highest BCUT2D eigenvalue weighted by atomic mass is 32.1. The van der Waals surface area contributed by atoms with Crippen LogP contribution in [-0.4, -0.2) is 27.4 Å². The lowest BCUT2D eigenvalue weighted by molar-refractivity contribution is -0.116. The molecular formula is C24H20N4O3S. The molecule has 1 fully saturated rings. The van der Waals surface area contributed by atoms with Crippen molar-refractivity contribution in [2.75, 3.05) is 5.32 Å². The van der Waals surface area contributed by atoms with Gasteiger partial charge in [0, 0.05) is 28.2 Å². The first kappa shape index (κ1) is 20.1. The highest BCUT2D eigenvalue weighted by Crippen LogP contribution is 2.30. The molecule has 2 N–H and O–H groups in total. The topological polar surface area (TPSA) is 93.1 Å². The summed E-state index contributed by atoms with van der Waals surface area (Å²) in [5, 5.41) is 8.12. The van der Waals surface area contributed by atoms with Crippen LogP contribution in [0.5, 0.6) is 0 Å². The van der Waals surface area contributed by atoms with Crippen LogP contribution >= 0.6 is 11.3 Å². The third-order valence-corrected chi connectivity index (χ3v) is 6.17. The van der Waals surface area contributed by atoms with Crippen molar-refractivity contribution in [2.24, 2.45) is 0 Å². The Morgan fingerprint density at radius 3 is 2.69 bits per heavy atom. The molecule has 0 bridgehead atoms. The minimum Gasteiger partial charge on any atom is -0.349 e. The number of thiophene rings is 1. The molecule has 0 unspecified atom stereocenters. The molecule has 2 aromatic heterocycles. The monoisotopic (exact) mass is 444 g/mol. The summed E-state index contributed by atoms with van der Waals surface area (Å²) >= 11 is 1.40. The van der Waals surface area contributed by atoms with Gasteiger partial charge in [-0.1, -0.05) is 36.4 Å². The molecule has 5 rings (SSSR count). The average molecular weight is 445 g/mol. The number of rotatable bonds is 6. The van der Waals surface area contributed by atoms with Gasteiger partial charge in [-0.2, -0.15) is 0 Å². The van der Waals surface area contributed by atoms with Crippen LogP contribution in [0.3, 0.4) is 0 Å². The first-order valence-electron chi connectivity index (χ1n) is 10.3. The van der Waals surface area contributed by atoms with E-state index in [1.807, 2.05) is 35.7 Å². The third-order valence-electron chi connectivity index (χ3n) is 5.28. The number of amides is 2. The SMILES string of the molecule is O=C(Cn1cnc2scc(-c3ccccc3)c2c1=O)Nc1cccc(C(=O)NC2CC2)c1. The predicted octanol–water partition coefficient (Wildman–Crippen LogP) is 3.66. The molecule has 160 valence electrons. The highest BCUT2D eigenvalue weighted by molar-refractivity contribution is 7.17. The highest BCUT2D eigenvalue weighted by Gasteiger charge is 2.24. The summed E-state index contributed by atoms with van der Waals surface area (Å²) in [5.41, 5.74) is 2.47. The van der Waals surface area contributed by atoms with E-state index >= 15 is 0 Å². The van der Waals surface area contributed by atoms with Crippen LogP contribution in [0.1, 0.15) is 23.2 Å². The van der Waals surface area contributed by atoms with Gasteiger partial charge in [-0.25, -0.2) is 4.98 Å². The van der Waals surface area contributed by atoms with Crippen molar-refractivity contribution in [1.29, 1.82) is 0 Å². The summed E-state index contributed by atoms with van der Waals surface area (Å²) in [4.78, 5) is 43.0. The number of nitrogens with one attached hydrogen (secondary N) is 2. The zero-order valence-electron chi connectivity index (χ0n) is 17.1. The summed E-state index contributed by atoms with van der Waals surface area (Å²) in [6, 6.07) is 16.7. The van der Waals surface area contributed by atoms with Gasteiger partial charge in [0.25, 0.3) is 11.5 Å². The van der Waals surface area contributed by atoms with E-state index in [0.717, 1.165) is 24.0 Å². The van der Waals surface area contributed by atoms with Gasteiger partial charge in [-0.05, 0) is 36.6 Å². The number of hydrogen-bond acceptors (Lipinski definition) is 5. The van der Waals surface area contributed by atoms with E-state index in [9.17, 15) is 14.4 Å². The first-order valence-corrected chi connectivity index (χ1v) is 11.2. The molecule has 0 aliphatic heterocycles. The molecule has 2 aromatic carbocycles. The van der Waals surface area contributed by atoms with E-state index in [1.165, 1.54) is 22.2 Å². The smallest absolute Gasteiger partial charge is 0.263 e. The van der Waals surface area contributed by atoms with Gasteiger partial charge in [0.2, 0.25) is 5.91 Å². The predicted molar refractivity (Wildman–Crippen MR) is 125 cm³/mol. The summed E-state index contributed by atoms with van der Waals surface area (Å²) in [7, 11) is 0. The van der Waals surface area contributed by atoms with Gasteiger partial charge in [0.15, 0.2) is 0 Å². The van der Waals surface area contributed by atoms with Gasteiger partial charge in [0.05, 0.1) is 11.7 Å². The van der Waals surface area contributed by atoms with Crippen molar-refractivity contribution in [1.82, 2.24) is 14.9 Å². The lowest BCUT2D eigenvalue weighted by Crippen LogP contribution is -2.28. The van der Waals surface area contributed by atoms with Crippen LogP contribution in [0.2, 0.25) is 0 Å². The van der Waals surface area contributed by atoms with Gasteiger partial charge in [0.1, 0.15) is 11.4 Å². The number of nitrogens with zero attached hydrogens (tertiary/aromatic N) is 2. The Morgan fingerprint density at radius 1 is 1.09 bits per heavy atom. The minimum atomic E-state index is -0.371. The van der Waals surface area contributed by atoms with Crippen molar-refractivity contribution in [3.63, 3.8) is 0 Å². The molecule has 1 saturated carbocycles. The fraction of sp³-hybridized carbons (Fsp3) is 0.167. The molecule has 32 heavy (non-hydrogen) atoms. The summed E-state index contributed by atoms with van der Waals surface area (Å²) in [5.74, 6) is -0.523. The van der Waals surface area contributed by atoms with Crippen LogP contribution in [-0.2, 0) is 11.3 Å². The Kier molecular flexibility index (Phi) is 5.28. The maximum atomic E-state index is 13.1. The van der Waals surface area contributed by atoms with Crippen molar-refractivity contribution in [3.05, 3.63) is 82.2 Å². The van der Waals surface area contributed by atoms with Crippen LogP contribution in [0.4, 0.5) is 5.69 Å².